The van der Waals surface area contributed by atoms with Crippen LogP contribution < -0.4 is 5.73 Å². The third-order valence-corrected chi connectivity index (χ3v) is 2.63. The number of aromatic nitrogens is 2. The van der Waals surface area contributed by atoms with Crippen molar-refractivity contribution in [1.82, 2.24) is 9.97 Å². The Kier molecular flexibility index (Phi) is 3.62. The highest BCUT2D eigenvalue weighted by atomic mass is 19.3. The molecule has 0 saturated carbocycles. The van der Waals surface area contributed by atoms with E-state index in [2.05, 4.69) is 9.97 Å². The topological polar surface area (TPSA) is 51.8 Å². The van der Waals surface area contributed by atoms with Gasteiger partial charge in [0.25, 0.3) is 6.43 Å². The number of benzene rings is 1. The summed E-state index contributed by atoms with van der Waals surface area (Å²) in [6, 6.07) is 7.39. The zero-order chi connectivity index (χ0) is 13.1. The molecule has 94 valence electrons. The Morgan fingerprint density at radius 2 is 1.89 bits per heavy atom. The summed E-state index contributed by atoms with van der Waals surface area (Å²) in [5, 5.41) is 0. The van der Waals surface area contributed by atoms with Crippen LogP contribution in [0, 0.1) is 6.92 Å². The van der Waals surface area contributed by atoms with E-state index in [1.165, 1.54) is 6.20 Å². The fourth-order valence-electron chi connectivity index (χ4n) is 1.61. The molecule has 0 bridgehead atoms. The summed E-state index contributed by atoms with van der Waals surface area (Å²) in [4.78, 5) is 7.97. The van der Waals surface area contributed by atoms with Crippen LogP contribution >= 0.6 is 0 Å². The SMILES string of the molecule is Cc1ccc(-c2ncc(CN)c(C(F)F)n2)cc1. The summed E-state index contributed by atoms with van der Waals surface area (Å²) in [6.45, 7) is 1.96. The van der Waals surface area contributed by atoms with Crippen molar-refractivity contribution in [3.63, 3.8) is 0 Å². The maximum atomic E-state index is 12.8. The standard InChI is InChI=1S/C13H13F2N3/c1-8-2-4-9(5-3-8)13-17-7-10(6-16)11(18-13)12(14)15/h2-5,7,12H,6,16H2,1H3. The summed E-state index contributed by atoms with van der Waals surface area (Å²) in [5.41, 5.74) is 7.18. The summed E-state index contributed by atoms with van der Waals surface area (Å²) >= 11 is 0. The van der Waals surface area contributed by atoms with Crippen LogP contribution in [0.4, 0.5) is 8.78 Å². The van der Waals surface area contributed by atoms with Gasteiger partial charge in [-0.05, 0) is 6.92 Å². The molecular formula is C13H13F2N3. The number of nitrogens with two attached hydrogens (primary N) is 1. The van der Waals surface area contributed by atoms with Crippen molar-refractivity contribution >= 4 is 0 Å². The molecule has 18 heavy (non-hydrogen) atoms. The van der Waals surface area contributed by atoms with E-state index < -0.39 is 6.43 Å². The predicted molar refractivity (Wildman–Crippen MR) is 65.1 cm³/mol. The Bertz CT molecular complexity index is 538. The molecule has 0 fully saturated rings. The van der Waals surface area contributed by atoms with Gasteiger partial charge in [-0.3, -0.25) is 0 Å². The molecule has 3 nitrogen and oxygen atoms in total. The molecule has 0 saturated heterocycles. The lowest BCUT2D eigenvalue weighted by molar-refractivity contribution is 0.144. The average molecular weight is 249 g/mol. The minimum absolute atomic E-state index is 0.00779. The highest BCUT2D eigenvalue weighted by Gasteiger charge is 2.16. The zero-order valence-corrected chi connectivity index (χ0v) is 9.90. The Labute approximate surface area is 104 Å². The predicted octanol–water partition coefficient (Wildman–Crippen LogP) is 2.85. The van der Waals surface area contributed by atoms with E-state index in [4.69, 9.17) is 5.73 Å². The van der Waals surface area contributed by atoms with Gasteiger partial charge >= 0.3 is 0 Å². The van der Waals surface area contributed by atoms with E-state index in [1.54, 1.807) is 0 Å². The quantitative estimate of drug-likeness (QED) is 0.910. The Morgan fingerprint density at radius 3 is 2.44 bits per heavy atom. The van der Waals surface area contributed by atoms with Crippen LogP contribution in [0.25, 0.3) is 11.4 Å². The Balaban J connectivity index is 2.46. The first-order valence-corrected chi connectivity index (χ1v) is 5.53. The van der Waals surface area contributed by atoms with Gasteiger partial charge in [0.05, 0.1) is 0 Å². The number of hydrogen-bond acceptors (Lipinski definition) is 3. The maximum absolute atomic E-state index is 12.8. The normalized spacial score (nSPS) is 10.9. The van der Waals surface area contributed by atoms with E-state index in [0.717, 1.165) is 5.56 Å². The fourth-order valence-corrected chi connectivity index (χ4v) is 1.61. The molecule has 2 N–H and O–H groups in total. The number of rotatable bonds is 3. The second kappa shape index (κ2) is 5.18. The van der Waals surface area contributed by atoms with Gasteiger partial charge in [0, 0.05) is 23.9 Å². The minimum atomic E-state index is -2.64. The lowest BCUT2D eigenvalue weighted by atomic mass is 10.1. The maximum Gasteiger partial charge on any atom is 0.280 e. The van der Waals surface area contributed by atoms with E-state index in [-0.39, 0.29) is 17.8 Å². The summed E-state index contributed by atoms with van der Waals surface area (Å²) in [6.07, 6.45) is -1.28. The summed E-state index contributed by atoms with van der Waals surface area (Å²) in [5.74, 6) is 0.294. The number of aryl methyl sites for hydroxylation is 1. The van der Waals surface area contributed by atoms with Crippen LogP contribution in [0.3, 0.4) is 0 Å². The van der Waals surface area contributed by atoms with Crippen LogP contribution in [-0.4, -0.2) is 9.97 Å². The van der Waals surface area contributed by atoms with Gasteiger partial charge in [-0.15, -0.1) is 0 Å². The molecule has 0 unspecified atom stereocenters. The lowest BCUT2D eigenvalue weighted by Gasteiger charge is -2.08. The van der Waals surface area contributed by atoms with Gasteiger partial charge < -0.3 is 5.73 Å². The first-order valence-electron chi connectivity index (χ1n) is 5.53. The largest absolute Gasteiger partial charge is 0.326 e. The van der Waals surface area contributed by atoms with Crippen molar-refractivity contribution in [3.8, 4) is 11.4 Å². The van der Waals surface area contributed by atoms with Crippen molar-refractivity contribution < 1.29 is 8.78 Å². The van der Waals surface area contributed by atoms with Gasteiger partial charge in [0.1, 0.15) is 5.69 Å². The molecule has 1 heterocycles. The van der Waals surface area contributed by atoms with Crippen molar-refractivity contribution in [3.05, 3.63) is 47.3 Å². The summed E-state index contributed by atoms with van der Waals surface area (Å²) < 4.78 is 25.7. The van der Waals surface area contributed by atoms with E-state index in [0.29, 0.717) is 11.4 Å². The van der Waals surface area contributed by atoms with Crippen LogP contribution in [-0.2, 0) is 6.54 Å². The zero-order valence-electron chi connectivity index (χ0n) is 9.90. The molecule has 5 heteroatoms. The van der Waals surface area contributed by atoms with E-state index in [9.17, 15) is 8.78 Å². The molecule has 0 amide bonds. The third-order valence-electron chi connectivity index (χ3n) is 2.63. The number of hydrogen-bond donors (Lipinski definition) is 1. The van der Waals surface area contributed by atoms with Crippen LogP contribution in [0.5, 0.6) is 0 Å². The van der Waals surface area contributed by atoms with Gasteiger partial charge in [0.15, 0.2) is 5.82 Å². The van der Waals surface area contributed by atoms with Crippen molar-refractivity contribution in [2.24, 2.45) is 5.73 Å². The Morgan fingerprint density at radius 1 is 1.22 bits per heavy atom. The molecule has 0 aliphatic rings. The molecule has 0 aliphatic heterocycles. The molecule has 1 aromatic carbocycles. The molecule has 2 aromatic rings. The molecule has 0 spiro atoms. The minimum Gasteiger partial charge on any atom is -0.326 e. The van der Waals surface area contributed by atoms with Crippen LogP contribution in [0.15, 0.2) is 30.5 Å². The molecule has 0 atom stereocenters. The van der Waals surface area contributed by atoms with Gasteiger partial charge in [0.2, 0.25) is 0 Å². The van der Waals surface area contributed by atoms with Crippen LogP contribution in [0.2, 0.25) is 0 Å². The van der Waals surface area contributed by atoms with Crippen LogP contribution in [0.1, 0.15) is 23.2 Å². The number of nitrogens with zero attached hydrogens (tertiary/aromatic N) is 2. The highest BCUT2D eigenvalue weighted by Crippen LogP contribution is 2.23. The first kappa shape index (κ1) is 12.6. The van der Waals surface area contributed by atoms with Crippen molar-refractivity contribution in [1.29, 1.82) is 0 Å². The smallest absolute Gasteiger partial charge is 0.280 e. The van der Waals surface area contributed by atoms with Gasteiger partial charge in [-0.1, -0.05) is 29.8 Å². The highest BCUT2D eigenvalue weighted by molar-refractivity contribution is 5.55. The van der Waals surface area contributed by atoms with Gasteiger partial charge in [-0.25, -0.2) is 18.7 Å². The molecule has 0 aliphatic carbocycles. The molecule has 2 rings (SSSR count). The Hall–Kier alpha value is -1.88. The number of alkyl halides is 2. The molecular weight excluding hydrogens is 236 g/mol. The van der Waals surface area contributed by atoms with E-state index in [1.807, 2.05) is 31.2 Å². The third kappa shape index (κ3) is 2.51. The first-order chi connectivity index (χ1) is 8.61. The molecule has 1 aromatic heterocycles. The van der Waals surface area contributed by atoms with Gasteiger partial charge in [-0.2, -0.15) is 0 Å². The molecule has 0 radical (unpaired) electrons. The number of halogens is 2. The second-order valence-electron chi connectivity index (χ2n) is 3.97. The van der Waals surface area contributed by atoms with Crippen molar-refractivity contribution in [2.45, 2.75) is 19.9 Å². The fraction of sp³-hybridized carbons (Fsp3) is 0.231. The lowest BCUT2D eigenvalue weighted by Crippen LogP contribution is -2.06. The second-order valence-corrected chi connectivity index (χ2v) is 3.97. The van der Waals surface area contributed by atoms with Crippen molar-refractivity contribution in [2.75, 3.05) is 0 Å². The average Bonchev–Trinajstić information content (AvgIpc) is 2.39. The summed E-state index contributed by atoms with van der Waals surface area (Å²) in [7, 11) is 0. The van der Waals surface area contributed by atoms with E-state index >= 15 is 0 Å². The monoisotopic (exact) mass is 249 g/mol.